The van der Waals surface area contributed by atoms with Gasteiger partial charge in [-0.1, -0.05) is 50.2 Å². The molecule has 4 aromatic rings. The van der Waals surface area contributed by atoms with Crippen LogP contribution >= 0.6 is 0 Å². The Morgan fingerprint density at radius 2 is 1.67 bits per heavy atom. The van der Waals surface area contributed by atoms with E-state index in [9.17, 15) is 4.79 Å². The fourth-order valence-corrected chi connectivity index (χ4v) is 4.08. The average Bonchev–Trinajstić information content (AvgIpc) is 3.15. The van der Waals surface area contributed by atoms with E-state index in [1.165, 1.54) is 5.56 Å². The number of benzene rings is 3. The molecule has 1 heterocycles. The molecule has 4 rings (SSSR count). The zero-order chi connectivity index (χ0) is 25.7. The number of amides is 1. The molecule has 0 aliphatic carbocycles. The molecule has 0 atom stereocenters. The van der Waals surface area contributed by atoms with Gasteiger partial charge in [0, 0.05) is 5.56 Å². The molecule has 6 nitrogen and oxygen atoms in total. The maximum absolute atomic E-state index is 13.1. The Morgan fingerprint density at radius 1 is 0.944 bits per heavy atom. The minimum absolute atomic E-state index is 0.176. The number of methoxy groups -OCH3 is 1. The number of carbonyl (C=O) groups is 1. The van der Waals surface area contributed by atoms with Crippen LogP contribution in [0.15, 0.2) is 72.8 Å². The number of nitrogens with one attached hydrogen (secondary N) is 1. The van der Waals surface area contributed by atoms with Crippen LogP contribution in [0.25, 0.3) is 0 Å². The molecule has 0 spiro atoms. The van der Waals surface area contributed by atoms with Crippen molar-refractivity contribution in [1.82, 2.24) is 9.78 Å². The molecule has 0 aliphatic heterocycles. The summed E-state index contributed by atoms with van der Waals surface area (Å²) in [6.07, 6.45) is 0. The topological polar surface area (TPSA) is 65.4 Å². The second-order valence-corrected chi connectivity index (χ2v) is 9.22. The molecule has 1 N–H and O–H groups in total. The molecule has 0 bridgehead atoms. The van der Waals surface area contributed by atoms with Gasteiger partial charge in [-0.15, -0.1) is 0 Å². The molecule has 0 fully saturated rings. The van der Waals surface area contributed by atoms with Crippen molar-refractivity contribution in [2.75, 3.05) is 12.4 Å². The number of hydrogen-bond acceptors (Lipinski definition) is 4. The summed E-state index contributed by atoms with van der Waals surface area (Å²) in [6, 6.07) is 23.5. The number of ether oxygens (including phenoxy) is 2. The number of rotatable bonds is 9. The van der Waals surface area contributed by atoms with E-state index >= 15 is 0 Å². The predicted molar refractivity (Wildman–Crippen MR) is 143 cm³/mol. The van der Waals surface area contributed by atoms with Crippen molar-refractivity contribution in [2.45, 2.75) is 46.8 Å². The van der Waals surface area contributed by atoms with Crippen molar-refractivity contribution in [3.05, 3.63) is 106 Å². The van der Waals surface area contributed by atoms with Crippen LogP contribution in [-0.4, -0.2) is 22.8 Å². The van der Waals surface area contributed by atoms with Crippen LogP contribution in [0.3, 0.4) is 0 Å². The number of nitrogens with zero attached hydrogens (tertiary/aromatic N) is 2. The molecule has 1 amide bonds. The lowest BCUT2D eigenvalue weighted by atomic mass is 10.0. The largest absolute Gasteiger partial charge is 0.497 e. The van der Waals surface area contributed by atoms with E-state index in [1.807, 2.05) is 79.2 Å². The van der Waals surface area contributed by atoms with Gasteiger partial charge in [0.2, 0.25) is 0 Å². The van der Waals surface area contributed by atoms with Gasteiger partial charge in [0.25, 0.3) is 5.91 Å². The summed E-state index contributed by atoms with van der Waals surface area (Å²) in [5.74, 6) is 1.92. The lowest BCUT2D eigenvalue weighted by Crippen LogP contribution is -2.14. The quantitative estimate of drug-likeness (QED) is 0.295. The summed E-state index contributed by atoms with van der Waals surface area (Å²) in [7, 11) is 1.65. The molecule has 0 radical (unpaired) electrons. The van der Waals surface area contributed by atoms with E-state index in [-0.39, 0.29) is 5.91 Å². The summed E-state index contributed by atoms with van der Waals surface area (Å²) in [5, 5.41) is 7.70. The maximum atomic E-state index is 13.1. The van der Waals surface area contributed by atoms with E-state index in [4.69, 9.17) is 9.47 Å². The third-order valence-corrected chi connectivity index (χ3v) is 6.23. The van der Waals surface area contributed by atoms with Crippen molar-refractivity contribution < 1.29 is 14.3 Å². The first-order chi connectivity index (χ1) is 17.3. The monoisotopic (exact) mass is 483 g/mol. The summed E-state index contributed by atoms with van der Waals surface area (Å²) in [6.45, 7) is 9.18. The zero-order valence-electron chi connectivity index (χ0n) is 21.5. The molecule has 186 valence electrons. The Kier molecular flexibility index (Phi) is 7.74. The van der Waals surface area contributed by atoms with Gasteiger partial charge in [-0.2, -0.15) is 5.10 Å². The first-order valence-corrected chi connectivity index (χ1v) is 12.1. The van der Waals surface area contributed by atoms with E-state index < -0.39 is 0 Å². The molecule has 36 heavy (non-hydrogen) atoms. The summed E-state index contributed by atoms with van der Waals surface area (Å²) in [4.78, 5) is 13.1. The standard InChI is InChI=1S/C30H33N3O3/c1-20(2)25-12-14-27(15-13-25)36-19-24-9-6-10-26(16-24)30(34)31-29-21(3)32-33(22(29)4)18-23-8-7-11-28(17-23)35-5/h6-17,20H,18-19H2,1-5H3,(H,31,34). The highest BCUT2D eigenvalue weighted by molar-refractivity contribution is 6.05. The van der Waals surface area contributed by atoms with Crippen molar-refractivity contribution >= 4 is 11.6 Å². The molecule has 0 saturated carbocycles. The molecule has 0 saturated heterocycles. The van der Waals surface area contributed by atoms with Gasteiger partial charge in [0.15, 0.2) is 0 Å². The van der Waals surface area contributed by atoms with Crippen molar-refractivity contribution in [3.63, 3.8) is 0 Å². The van der Waals surface area contributed by atoms with Crippen LogP contribution in [0.5, 0.6) is 11.5 Å². The Balaban J connectivity index is 1.43. The second kappa shape index (κ2) is 11.1. The molecular formula is C30H33N3O3. The molecule has 3 aromatic carbocycles. The predicted octanol–water partition coefficient (Wildman–Crippen LogP) is 6.51. The van der Waals surface area contributed by atoms with Crippen molar-refractivity contribution in [2.24, 2.45) is 0 Å². The summed E-state index contributed by atoms with van der Waals surface area (Å²) < 4.78 is 13.2. The zero-order valence-corrected chi connectivity index (χ0v) is 21.5. The fraction of sp³-hybridized carbons (Fsp3) is 0.267. The smallest absolute Gasteiger partial charge is 0.255 e. The van der Waals surface area contributed by atoms with E-state index in [2.05, 4.69) is 36.4 Å². The molecular weight excluding hydrogens is 450 g/mol. The summed E-state index contributed by atoms with van der Waals surface area (Å²) in [5.41, 5.74) is 6.25. The third-order valence-electron chi connectivity index (χ3n) is 6.23. The van der Waals surface area contributed by atoms with Gasteiger partial charge in [-0.05, 0) is 72.9 Å². The minimum atomic E-state index is -0.176. The fourth-order valence-electron chi connectivity index (χ4n) is 4.08. The van der Waals surface area contributed by atoms with Gasteiger partial charge < -0.3 is 14.8 Å². The van der Waals surface area contributed by atoms with Gasteiger partial charge in [-0.25, -0.2) is 0 Å². The van der Waals surface area contributed by atoms with Crippen LogP contribution in [0.4, 0.5) is 5.69 Å². The number of hydrogen-bond donors (Lipinski definition) is 1. The Hall–Kier alpha value is -4.06. The molecule has 6 heteroatoms. The number of aryl methyl sites for hydroxylation is 1. The minimum Gasteiger partial charge on any atom is -0.497 e. The van der Waals surface area contributed by atoms with E-state index in [0.717, 1.165) is 39.7 Å². The first kappa shape index (κ1) is 25.0. The highest BCUT2D eigenvalue weighted by atomic mass is 16.5. The van der Waals surface area contributed by atoms with Gasteiger partial charge in [0.1, 0.15) is 18.1 Å². The molecule has 0 aliphatic rings. The Morgan fingerprint density at radius 3 is 2.39 bits per heavy atom. The Bertz CT molecular complexity index is 1340. The molecule has 0 unspecified atom stereocenters. The maximum Gasteiger partial charge on any atom is 0.255 e. The normalized spacial score (nSPS) is 10.9. The van der Waals surface area contributed by atoms with E-state index in [1.54, 1.807) is 7.11 Å². The van der Waals surface area contributed by atoms with Crippen molar-refractivity contribution in [3.8, 4) is 11.5 Å². The highest BCUT2D eigenvalue weighted by Gasteiger charge is 2.16. The first-order valence-electron chi connectivity index (χ1n) is 12.1. The average molecular weight is 484 g/mol. The van der Waals surface area contributed by atoms with Crippen LogP contribution in [0.1, 0.15) is 58.2 Å². The highest BCUT2D eigenvalue weighted by Crippen LogP contribution is 2.23. The number of anilines is 1. The van der Waals surface area contributed by atoms with Crippen molar-refractivity contribution in [1.29, 1.82) is 0 Å². The van der Waals surface area contributed by atoms with E-state index in [0.29, 0.717) is 24.6 Å². The number of aromatic nitrogens is 2. The Labute approximate surface area is 212 Å². The van der Waals surface area contributed by atoms with Gasteiger partial charge in [-0.3, -0.25) is 9.48 Å². The molecule has 1 aromatic heterocycles. The SMILES string of the molecule is COc1cccc(Cn2nc(C)c(NC(=O)c3cccc(COc4ccc(C(C)C)cc4)c3)c2C)c1. The second-order valence-electron chi connectivity index (χ2n) is 9.22. The van der Waals surface area contributed by atoms with Crippen LogP contribution in [-0.2, 0) is 13.2 Å². The number of carbonyl (C=O) groups excluding carboxylic acids is 1. The van der Waals surface area contributed by atoms with Crippen LogP contribution in [0.2, 0.25) is 0 Å². The lowest BCUT2D eigenvalue weighted by Gasteiger charge is -2.11. The summed E-state index contributed by atoms with van der Waals surface area (Å²) >= 11 is 0. The van der Waals surface area contributed by atoms with Gasteiger partial charge in [0.05, 0.1) is 30.7 Å². The van der Waals surface area contributed by atoms with Gasteiger partial charge >= 0.3 is 0 Å². The third kappa shape index (κ3) is 5.95. The lowest BCUT2D eigenvalue weighted by molar-refractivity contribution is 0.102. The van der Waals surface area contributed by atoms with Crippen LogP contribution < -0.4 is 14.8 Å². The van der Waals surface area contributed by atoms with Crippen LogP contribution in [0, 0.1) is 13.8 Å².